The summed E-state index contributed by atoms with van der Waals surface area (Å²) in [4.78, 5) is 11.5. The Balaban J connectivity index is 2.38. The van der Waals surface area contributed by atoms with E-state index in [1.165, 1.54) is 12.3 Å². The lowest BCUT2D eigenvalue weighted by atomic mass is 9.98. The lowest BCUT2D eigenvalue weighted by Gasteiger charge is -2.12. The third kappa shape index (κ3) is 2.88. The number of hydrogen-bond acceptors (Lipinski definition) is 5. The number of benzene rings is 2. The molecule has 0 saturated carbocycles. The van der Waals surface area contributed by atoms with Gasteiger partial charge in [-0.1, -0.05) is 24.3 Å². The van der Waals surface area contributed by atoms with Crippen LogP contribution in [0.15, 0.2) is 30.5 Å². The maximum absolute atomic E-state index is 11.5. The van der Waals surface area contributed by atoms with Gasteiger partial charge < -0.3 is 26.4 Å². The molecule has 0 fully saturated rings. The van der Waals surface area contributed by atoms with Crippen molar-refractivity contribution in [2.45, 2.75) is 13.0 Å². The topological polar surface area (TPSA) is 116 Å². The fourth-order valence-electron chi connectivity index (χ4n) is 2.15. The van der Waals surface area contributed by atoms with Gasteiger partial charge in [0.15, 0.2) is 0 Å². The largest absolute Gasteiger partial charge is 0.507 e. The van der Waals surface area contributed by atoms with Crippen LogP contribution in [0.2, 0.25) is 0 Å². The number of fused-ring (bicyclic) bond motifs is 1. The second-order valence-electron chi connectivity index (χ2n) is 4.91. The molecule has 0 radical (unpaired) electrons. The Morgan fingerprint density at radius 1 is 1.27 bits per heavy atom. The number of aliphatic hydroxyl groups excluding tert-OH is 1. The molecule has 0 aromatic heterocycles. The van der Waals surface area contributed by atoms with Gasteiger partial charge in [0.05, 0.1) is 6.61 Å². The second-order valence-corrected chi connectivity index (χ2v) is 4.91. The SMILES string of the molecule is Cc1c(C=CNC(=O)C(N)CO)c(O)c2ccccc2c1O. The molecule has 6 heteroatoms. The number of nitrogens with one attached hydrogen (secondary N) is 1. The van der Waals surface area contributed by atoms with Crippen LogP contribution in [0, 0.1) is 6.92 Å². The summed E-state index contributed by atoms with van der Waals surface area (Å²) in [6, 6.07) is 5.93. The number of carbonyl (C=O) groups excluding carboxylic acids is 1. The van der Waals surface area contributed by atoms with Gasteiger partial charge in [0.2, 0.25) is 5.91 Å². The molecule has 0 aliphatic heterocycles. The Bertz CT molecular complexity index is 740. The summed E-state index contributed by atoms with van der Waals surface area (Å²) in [6.07, 6.45) is 2.78. The van der Waals surface area contributed by atoms with Crippen molar-refractivity contribution >= 4 is 22.8 Å². The third-order valence-corrected chi connectivity index (χ3v) is 3.46. The summed E-state index contributed by atoms with van der Waals surface area (Å²) < 4.78 is 0. The van der Waals surface area contributed by atoms with Crippen molar-refractivity contribution in [1.29, 1.82) is 0 Å². The highest BCUT2D eigenvalue weighted by Gasteiger charge is 2.14. The minimum absolute atomic E-state index is 0.0165. The van der Waals surface area contributed by atoms with Crippen LogP contribution >= 0.6 is 0 Å². The number of nitrogens with two attached hydrogens (primary N) is 1. The Hall–Kier alpha value is -2.57. The average Bonchev–Trinajstić information content (AvgIpc) is 2.54. The highest BCUT2D eigenvalue weighted by atomic mass is 16.3. The third-order valence-electron chi connectivity index (χ3n) is 3.46. The standard InChI is InChI=1S/C16H18N2O4/c1-9-10(6-7-18-16(22)13(17)8-19)15(21)12-5-3-2-4-11(12)14(9)20/h2-7,13,19-21H,8,17H2,1H3,(H,18,22). The van der Waals surface area contributed by atoms with E-state index in [1.54, 1.807) is 31.2 Å². The van der Waals surface area contributed by atoms with E-state index in [-0.39, 0.29) is 11.5 Å². The summed E-state index contributed by atoms with van der Waals surface area (Å²) in [7, 11) is 0. The molecule has 0 aliphatic carbocycles. The Kier molecular flexibility index (Phi) is 4.65. The zero-order chi connectivity index (χ0) is 16.3. The lowest BCUT2D eigenvalue weighted by molar-refractivity contribution is -0.122. The number of amides is 1. The number of carbonyl (C=O) groups is 1. The van der Waals surface area contributed by atoms with E-state index in [4.69, 9.17) is 10.8 Å². The first kappa shape index (κ1) is 15.8. The first-order chi connectivity index (χ1) is 10.5. The molecule has 0 bridgehead atoms. The molecular formula is C16H18N2O4. The highest BCUT2D eigenvalue weighted by molar-refractivity contribution is 5.97. The average molecular weight is 302 g/mol. The zero-order valence-electron chi connectivity index (χ0n) is 12.1. The lowest BCUT2D eigenvalue weighted by Crippen LogP contribution is -2.40. The maximum Gasteiger partial charge on any atom is 0.243 e. The van der Waals surface area contributed by atoms with Crippen molar-refractivity contribution in [2.75, 3.05) is 6.61 Å². The number of hydrogen-bond donors (Lipinski definition) is 5. The molecule has 1 amide bonds. The van der Waals surface area contributed by atoms with Gasteiger partial charge in [-0.3, -0.25) is 4.79 Å². The van der Waals surface area contributed by atoms with Crippen molar-refractivity contribution in [3.8, 4) is 11.5 Å². The zero-order valence-corrected chi connectivity index (χ0v) is 12.1. The number of phenols is 2. The first-order valence-corrected chi connectivity index (χ1v) is 6.74. The molecule has 22 heavy (non-hydrogen) atoms. The number of aliphatic hydroxyl groups is 1. The molecule has 2 aromatic carbocycles. The van der Waals surface area contributed by atoms with Crippen LogP contribution in [0.25, 0.3) is 16.8 Å². The molecular weight excluding hydrogens is 284 g/mol. The van der Waals surface area contributed by atoms with Crippen LogP contribution in [0.1, 0.15) is 11.1 Å². The maximum atomic E-state index is 11.5. The fourth-order valence-corrected chi connectivity index (χ4v) is 2.15. The molecule has 116 valence electrons. The molecule has 0 aliphatic rings. The normalized spacial score (nSPS) is 12.7. The van der Waals surface area contributed by atoms with Gasteiger partial charge in [0.1, 0.15) is 17.5 Å². The molecule has 0 heterocycles. The van der Waals surface area contributed by atoms with Crippen LogP contribution in [0.3, 0.4) is 0 Å². The smallest absolute Gasteiger partial charge is 0.243 e. The minimum Gasteiger partial charge on any atom is -0.507 e. The van der Waals surface area contributed by atoms with E-state index in [2.05, 4.69) is 5.32 Å². The van der Waals surface area contributed by atoms with Crippen molar-refractivity contribution in [2.24, 2.45) is 5.73 Å². The van der Waals surface area contributed by atoms with Gasteiger partial charge >= 0.3 is 0 Å². The van der Waals surface area contributed by atoms with Gasteiger partial charge in [-0.2, -0.15) is 0 Å². The molecule has 2 rings (SSSR count). The molecule has 0 spiro atoms. The summed E-state index contributed by atoms with van der Waals surface area (Å²) >= 11 is 0. The monoisotopic (exact) mass is 302 g/mol. The molecule has 1 atom stereocenters. The van der Waals surface area contributed by atoms with Crippen LogP contribution in [-0.2, 0) is 4.79 Å². The first-order valence-electron chi connectivity index (χ1n) is 6.74. The van der Waals surface area contributed by atoms with E-state index in [0.29, 0.717) is 21.9 Å². The Labute approximate surface area is 127 Å². The predicted molar refractivity (Wildman–Crippen MR) is 84.3 cm³/mol. The molecule has 6 nitrogen and oxygen atoms in total. The molecule has 1 unspecified atom stereocenters. The predicted octanol–water partition coefficient (Wildman–Crippen LogP) is 0.966. The van der Waals surface area contributed by atoms with E-state index in [9.17, 15) is 15.0 Å². The van der Waals surface area contributed by atoms with Crippen LogP contribution in [-0.4, -0.2) is 33.9 Å². The summed E-state index contributed by atoms with van der Waals surface area (Å²) in [6.45, 7) is 1.21. The van der Waals surface area contributed by atoms with Gasteiger partial charge in [-0.15, -0.1) is 0 Å². The summed E-state index contributed by atoms with van der Waals surface area (Å²) in [5.74, 6) is -0.449. The Morgan fingerprint density at radius 3 is 2.45 bits per heavy atom. The van der Waals surface area contributed by atoms with Crippen LogP contribution in [0.5, 0.6) is 11.5 Å². The van der Waals surface area contributed by atoms with Gasteiger partial charge in [-0.05, 0) is 13.0 Å². The van der Waals surface area contributed by atoms with Gasteiger partial charge in [-0.25, -0.2) is 0 Å². The van der Waals surface area contributed by atoms with Crippen molar-refractivity contribution in [3.63, 3.8) is 0 Å². The molecule has 2 aromatic rings. The van der Waals surface area contributed by atoms with Crippen molar-refractivity contribution < 1.29 is 20.1 Å². The van der Waals surface area contributed by atoms with Gasteiger partial charge in [0, 0.05) is 28.1 Å². The number of rotatable bonds is 4. The van der Waals surface area contributed by atoms with E-state index in [0.717, 1.165) is 0 Å². The number of aromatic hydroxyl groups is 2. The van der Waals surface area contributed by atoms with Gasteiger partial charge in [0.25, 0.3) is 0 Å². The quantitative estimate of drug-likeness (QED) is 0.540. The highest BCUT2D eigenvalue weighted by Crippen LogP contribution is 2.39. The van der Waals surface area contributed by atoms with Crippen molar-refractivity contribution in [3.05, 3.63) is 41.6 Å². The summed E-state index contributed by atoms with van der Waals surface area (Å²) in [5, 5.41) is 32.8. The van der Waals surface area contributed by atoms with E-state index >= 15 is 0 Å². The second kappa shape index (κ2) is 6.46. The van der Waals surface area contributed by atoms with Crippen molar-refractivity contribution in [1.82, 2.24) is 5.32 Å². The van der Waals surface area contributed by atoms with E-state index < -0.39 is 18.6 Å². The van der Waals surface area contributed by atoms with Crippen LogP contribution < -0.4 is 11.1 Å². The minimum atomic E-state index is -1.01. The Morgan fingerprint density at radius 2 is 1.86 bits per heavy atom. The van der Waals surface area contributed by atoms with E-state index in [1.807, 2.05) is 0 Å². The van der Waals surface area contributed by atoms with Crippen LogP contribution in [0.4, 0.5) is 0 Å². The fraction of sp³-hybridized carbons (Fsp3) is 0.188. The summed E-state index contributed by atoms with van der Waals surface area (Å²) in [5.41, 5.74) is 6.26. The molecule has 6 N–H and O–H groups in total. The number of phenolic OH excluding ortho intramolecular Hbond substituents is 2. The molecule has 0 saturated heterocycles.